The zero-order valence-corrected chi connectivity index (χ0v) is 13.7. The molecule has 2 rings (SSSR count). The Morgan fingerprint density at radius 2 is 2.00 bits per heavy atom. The maximum Gasteiger partial charge on any atom is 0.302 e. The number of hydrogen-bond donors (Lipinski definition) is 0. The van der Waals surface area contributed by atoms with E-state index in [0.717, 1.165) is 24.8 Å². The van der Waals surface area contributed by atoms with E-state index < -0.39 is 0 Å². The minimum Gasteiger partial charge on any atom is -0.466 e. The van der Waals surface area contributed by atoms with Crippen molar-refractivity contribution in [1.29, 1.82) is 0 Å². The number of ether oxygens (including phenoxy) is 3. The third kappa shape index (κ3) is 5.11. The highest BCUT2D eigenvalue weighted by Crippen LogP contribution is 2.29. The summed E-state index contributed by atoms with van der Waals surface area (Å²) in [6.45, 7) is 6.92. The minimum atomic E-state index is -0.250. The Morgan fingerprint density at radius 3 is 2.64 bits per heavy atom. The van der Waals surface area contributed by atoms with E-state index in [1.807, 2.05) is 0 Å². The Balaban J connectivity index is 1.72. The first-order valence-electron chi connectivity index (χ1n) is 8.06. The minimum absolute atomic E-state index is 0.132. The molecule has 0 spiro atoms. The van der Waals surface area contributed by atoms with Gasteiger partial charge in [-0.25, -0.2) is 0 Å². The summed E-state index contributed by atoms with van der Waals surface area (Å²) in [5.41, 5.74) is 2.40. The molecule has 1 saturated heterocycles. The van der Waals surface area contributed by atoms with Gasteiger partial charge in [0.25, 0.3) is 0 Å². The molecule has 2 unspecified atom stereocenters. The first-order valence-corrected chi connectivity index (χ1v) is 8.06. The van der Waals surface area contributed by atoms with Gasteiger partial charge in [0.05, 0.1) is 19.3 Å². The van der Waals surface area contributed by atoms with E-state index in [-0.39, 0.29) is 18.4 Å². The van der Waals surface area contributed by atoms with Gasteiger partial charge in [0, 0.05) is 12.5 Å². The number of benzene rings is 1. The first kappa shape index (κ1) is 17.0. The number of esters is 1. The van der Waals surface area contributed by atoms with Crippen molar-refractivity contribution in [1.82, 2.24) is 0 Å². The summed E-state index contributed by atoms with van der Waals surface area (Å²) >= 11 is 0. The van der Waals surface area contributed by atoms with E-state index in [0.29, 0.717) is 19.1 Å². The zero-order chi connectivity index (χ0) is 15.9. The lowest BCUT2D eigenvalue weighted by Crippen LogP contribution is -2.10. The van der Waals surface area contributed by atoms with Crippen LogP contribution in [0.3, 0.4) is 0 Å². The average Bonchev–Trinajstić information content (AvgIpc) is 2.95. The standard InChI is InChI=1S/C18H26O4/c1-13(2)15-7-9-16(10-8-15)18-21-12-17(22-18)6-4-5-11-20-14(3)19/h7-10,13,17-18H,4-6,11-12H2,1-3H3. The van der Waals surface area contributed by atoms with Gasteiger partial charge in [0.2, 0.25) is 0 Å². The molecule has 0 bridgehead atoms. The van der Waals surface area contributed by atoms with Crippen LogP contribution < -0.4 is 0 Å². The number of carbonyl (C=O) groups is 1. The van der Waals surface area contributed by atoms with Crippen LogP contribution >= 0.6 is 0 Å². The SMILES string of the molecule is CC(=O)OCCCCC1COC(c2ccc(C(C)C)cc2)O1. The summed E-state index contributed by atoms with van der Waals surface area (Å²) in [7, 11) is 0. The van der Waals surface area contributed by atoms with Crippen LogP contribution in [-0.4, -0.2) is 25.3 Å². The second-order valence-corrected chi connectivity index (χ2v) is 6.08. The third-order valence-electron chi connectivity index (χ3n) is 3.85. The zero-order valence-electron chi connectivity index (χ0n) is 13.7. The summed E-state index contributed by atoms with van der Waals surface area (Å²) in [5, 5.41) is 0. The van der Waals surface area contributed by atoms with Crippen molar-refractivity contribution in [2.75, 3.05) is 13.2 Å². The van der Waals surface area contributed by atoms with Crippen LogP contribution in [0.15, 0.2) is 24.3 Å². The number of unbranched alkanes of at least 4 members (excludes halogenated alkanes) is 1. The second-order valence-electron chi connectivity index (χ2n) is 6.08. The van der Waals surface area contributed by atoms with Gasteiger partial charge in [-0.05, 0) is 30.7 Å². The smallest absolute Gasteiger partial charge is 0.302 e. The van der Waals surface area contributed by atoms with Gasteiger partial charge in [-0.1, -0.05) is 38.1 Å². The van der Waals surface area contributed by atoms with E-state index in [9.17, 15) is 4.79 Å². The summed E-state index contributed by atoms with van der Waals surface area (Å²) in [6, 6.07) is 8.45. The van der Waals surface area contributed by atoms with Gasteiger partial charge < -0.3 is 14.2 Å². The molecule has 22 heavy (non-hydrogen) atoms. The molecule has 0 N–H and O–H groups in total. The lowest BCUT2D eigenvalue weighted by atomic mass is 10.0. The fraction of sp³-hybridized carbons (Fsp3) is 0.611. The van der Waals surface area contributed by atoms with Crippen molar-refractivity contribution in [3.05, 3.63) is 35.4 Å². The van der Waals surface area contributed by atoms with E-state index in [2.05, 4.69) is 38.1 Å². The first-order chi connectivity index (χ1) is 10.6. The molecule has 1 aliphatic heterocycles. The molecular weight excluding hydrogens is 280 g/mol. The molecule has 1 fully saturated rings. The topological polar surface area (TPSA) is 44.8 Å². The molecule has 0 saturated carbocycles. The van der Waals surface area contributed by atoms with Crippen molar-refractivity contribution in [3.8, 4) is 0 Å². The van der Waals surface area contributed by atoms with Crippen LogP contribution in [0.1, 0.15) is 63.4 Å². The average molecular weight is 306 g/mol. The molecule has 0 aromatic heterocycles. The third-order valence-corrected chi connectivity index (χ3v) is 3.85. The molecule has 1 aliphatic rings. The van der Waals surface area contributed by atoms with E-state index in [1.54, 1.807) is 0 Å². The van der Waals surface area contributed by atoms with Crippen molar-refractivity contribution in [2.45, 2.75) is 58.3 Å². The fourth-order valence-electron chi connectivity index (χ4n) is 2.50. The molecule has 1 aromatic carbocycles. The normalized spacial score (nSPS) is 21.3. The van der Waals surface area contributed by atoms with Crippen molar-refractivity contribution in [2.24, 2.45) is 0 Å². The molecule has 0 amide bonds. The molecule has 0 radical (unpaired) electrons. The van der Waals surface area contributed by atoms with Gasteiger partial charge in [0.1, 0.15) is 0 Å². The van der Waals surface area contributed by atoms with Gasteiger partial charge >= 0.3 is 5.97 Å². The highest BCUT2D eigenvalue weighted by atomic mass is 16.7. The molecule has 1 aromatic rings. The molecule has 4 heteroatoms. The highest BCUT2D eigenvalue weighted by Gasteiger charge is 2.26. The monoisotopic (exact) mass is 306 g/mol. The molecule has 122 valence electrons. The molecule has 2 atom stereocenters. The van der Waals surface area contributed by atoms with E-state index in [1.165, 1.54) is 12.5 Å². The Bertz CT molecular complexity index is 466. The lowest BCUT2D eigenvalue weighted by Gasteiger charge is -2.13. The predicted molar refractivity (Wildman–Crippen MR) is 84.6 cm³/mol. The molecular formula is C18H26O4. The second kappa shape index (κ2) is 8.30. The fourth-order valence-corrected chi connectivity index (χ4v) is 2.50. The Labute approximate surface area is 132 Å². The number of carbonyl (C=O) groups excluding carboxylic acids is 1. The van der Waals surface area contributed by atoms with Gasteiger partial charge in [-0.2, -0.15) is 0 Å². The van der Waals surface area contributed by atoms with Crippen LogP contribution in [0, 0.1) is 0 Å². The predicted octanol–water partition coefficient (Wildman–Crippen LogP) is 3.96. The van der Waals surface area contributed by atoms with Crippen molar-refractivity contribution in [3.63, 3.8) is 0 Å². The molecule has 0 aliphatic carbocycles. The van der Waals surface area contributed by atoms with Crippen molar-refractivity contribution < 1.29 is 19.0 Å². The van der Waals surface area contributed by atoms with Gasteiger partial charge in [-0.3, -0.25) is 4.79 Å². The maximum absolute atomic E-state index is 10.7. The van der Waals surface area contributed by atoms with Gasteiger partial charge in [-0.15, -0.1) is 0 Å². The Morgan fingerprint density at radius 1 is 1.27 bits per heavy atom. The van der Waals surface area contributed by atoms with Crippen LogP contribution in [0.4, 0.5) is 0 Å². The Kier molecular flexibility index (Phi) is 6.40. The van der Waals surface area contributed by atoms with Crippen molar-refractivity contribution >= 4 is 5.97 Å². The highest BCUT2D eigenvalue weighted by molar-refractivity contribution is 5.65. The summed E-state index contributed by atoms with van der Waals surface area (Å²) in [6.07, 6.45) is 2.65. The van der Waals surface area contributed by atoms with Gasteiger partial charge in [0.15, 0.2) is 6.29 Å². The summed E-state index contributed by atoms with van der Waals surface area (Å²) in [4.78, 5) is 10.7. The maximum atomic E-state index is 10.7. The van der Waals surface area contributed by atoms with Crippen LogP contribution in [0.25, 0.3) is 0 Å². The lowest BCUT2D eigenvalue weighted by molar-refractivity contribution is -0.141. The van der Waals surface area contributed by atoms with E-state index >= 15 is 0 Å². The largest absolute Gasteiger partial charge is 0.466 e. The number of hydrogen-bond acceptors (Lipinski definition) is 4. The van der Waals surface area contributed by atoms with E-state index in [4.69, 9.17) is 14.2 Å². The number of rotatable bonds is 7. The summed E-state index contributed by atoms with van der Waals surface area (Å²) < 4.78 is 16.6. The molecule has 1 heterocycles. The Hall–Kier alpha value is -1.39. The quantitative estimate of drug-likeness (QED) is 0.565. The van der Waals surface area contributed by atoms with Crippen LogP contribution in [-0.2, 0) is 19.0 Å². The summed E-state index contributed by atoms with van der Waals surface area (Å²) in [5.74, 6) is 0.315. The van der Waals surface area contributed by atoms with Crippen LogP contribution in [0.2, 0.25) is 0 Å². The molecule has 4 nitrogen and oxygen atoms in total. The van der Waals surface area contributed by atoms with Crippen LogP contribution in [0.5, 0.6) is 0 Å².